The highest BCUT2D eigenvalue weighted by Gasteiger charge is 2.49. The van der Waals surface area contributed by atoms with Gasteiger partial charge in [-0.15, -0.1) is 0 Å². The van der Waals surface area contributed by atoms with Gasteiger partial charge in [0.15, 0.2) is 0 Å². The third-order valence-corrected chi connectivity index (χ3v) is 5.37. The van der Waals surface area contributed by atoms with E-state index in [0.29, 0.717) is 5.56 Å². The number of rotatable bonds is 3. The summed E-state index contributed by atoms with van der Waals surface area (Å²) in [5.41, 5.74) is 0.702. The second-order valence-electron chi connectivity index (χ2n) is 5.43. The molecule has 19 heavy (non-hydrogen) atoms. The van der Waals surface area contributed by atoms with Gasteiger partial charge in [-0.05, 0) is 47.2 Å². The number of nitrogens with one attached hydrogen (secondary N) is 1. The zero-order valence-electron chi connectivity index (χ0n) is 11.2. The lowest BCUT2D eigenvalue weighted by molar-refractivity contribution is -0.0942. The molecule has 1 aromatic rings. The number of benzene rings is 1. The van der Waals surface area contributed by atoms with Crippen LogP contribution in [0.25, 0.3) is 0 Å². The predicted molar refractivity (Wildman–Crippen MR) is 87.3 cm³/mol. The van der Waals surface area contributed by atoms with Gasteiger partial charge >= 0.3 is 0 Å². The van der Waals surface area contributed by atoms with Crippen molar-refractivity contribution in [2.75, 3.05) is 7.11 Å². The first kappa shape index (κ1) is 15.3. The molecule has 1 aromatic carbocycles. The monoisotopic (exact) mass is 437 g/mol. The Morgan fingerprint density at radius 1 is 1.53 bits per heavy atom. The highest BCUT2D eigenvalue weighted by Crippen LogP contribution is 2.42. The van der Waals surface area contributed by atoms with Crippen molar-refractivity contribution in [2.45, 2.75) is 32.4 Å². The number of halogens is 2. The van der Waals surface area contributed by atoms with Crippen LogP contribution in [0.4, 0.5) is 0 Å². The fraction of sp³-hybridized carbons (Fsp3) is 0.500. The van der Waals surface area contributed by atoms with Crippen molar-refractivity contribution in [1.29, 1.82) is 0 Å². The predicted octanol–water partition coefficient (Wildman–Crippen LogP) is 3.60. The molecule has 1 amide bonds. The van der Waals surface area contributed by atoms with Gasteiger partial charge in [0.05, 0.1) is 11.7 Å². The smallest absolute Gasteiger partial charge is 0.252 e. The maximum atomic E-state index is 12.3. The summed E-state index contributed by atoms with van der Waals surface area (Å²) in [6, 6.07) is 5.90. The lowest BCUT2D eigenvalue weighted by Crippen LogP contribution is -2.61. The summed E-state index contributed by atoms with van der Waals surface area (Å²) in [5.74, 6) is -0.0154. The van der Waals surface area contributed by atoms with Gasteiger partial charge in [0, 0.05) is 26.6 Å². The topological polar surface area (TPSA) is 38.3 Å². The van der Waals surface area contributed by atoms with Crippen LogP contribution in [0.3, 0.4) is 0 Å². The minimum Gasteiger partial charge on any atom is -0.381 e. The molecule has 0 spiro atoms. The normalized spacial score (nSPS) is 24.7. The summed E-state index contributed by atoms with van der Waals surface area (Å²) in [7, 11) is 1.72. The Kier molecular flexibility index (Phi) is 4.57. The number of carbonyl (C=O) groups excluding carboxylic acids is 1. The van der Waals surface area contributed by atoms with E-state index in [1.807, 2.05) is 18.2 Å². The summed E-state index contributed by atoms with van der Waals surface area (Å²) >= 11 is 5.58. The molecule has 1 saturated carbocycles. The molecule has 1 fully saturated rings. The zero-order valence-corrected chi connectivity index (χ0v) is 14.9. The molecule has 2 atom stereocenters. The second-order valence-corrected chi connectivity index (χ2v) is 7.51. The fourth-order valence-electron chi connectivity index (χ4n) is 2.44. The zero-order chi connectivity index (χ0) is 14.2. The van der Waals surface area contributed by atoms with Crippen LogP contribution in [-0.2, 0) is 4.74 Å². The standard InChI is InChI=1S/C14H17BrINO2/c1-14(2)11(7-12(14)19-3)17-13(18)9-6-8(15)4-5-10(9)16/h4-6,11-12H,7H2,1-3H3,(H,17,18). The van der Waals surface area contributed by atoms with Gasteiger partial charge < -0.3 is 10.1 Å². The Balaban J connectivity index is 2.09. The third-order valence-electron chi connectivity index (χ3n) is 3.94. The highest BCUT2D eigenvalue weighted by atomic mass is 127. The average molecular weight is 438 g/mol. The van der Waals surface area contributed by atoms with Crippen molar-refractivity contribution < 1.29 is 9.53 Å². The molecule has 2 rings (SSSR count). The van der Waals surface area contributed by atoms with Crippen LogP contribution in [0.5, 0.6) is 0 Å². The number of hydrogen-bond donors (Lipinski definition) is 1. The minimum atomic E-state index is -0.0154. The van der Waals surface area contributed by atoms with Crippen LogP contribution < -0.4 is 5.32 Å². The van der Waals surface area contributed by atoms with Crippen molar-refractivity contribution in [3.8, 4) is 0 Å². The number of carbonyl (C=O) groups is 1. The number of ether oxygens (including phenoxy) is 1. The van der Waals surface area contributed by atoms with Gasteiger partial charge in [-0.1, -0.05) is 29.8 Å². The van der Waals surface area contributed by atoms with Crippen molar-refractivity contribution in [3.63, 3.8) is 0 Å². The van der Waals surface area contributed by atoms with Crippen LogP contribution in [0, 0.1) is 8.99 Å². The summed E-state index contributed by atoms with van der Waals surface area (Å²) in [6.45, 7) is 4.25. The Morgan fingerprint density at radius 3 is 2.79 bits per heavy atom. The molecule has 5 heteroatoms. The molecular formula is C14H17BrINO2. The van der Waals surface area contributed by atoms with Crippen molar-refractivity contribution in [1.82, 2.24) is 5.32 Å². The van der Waals surface area contributed by atoms with Crippen LogP contribution in [0.1, 0.15) is 30.6 Å². The van der Waals surface area contributed by atoms with E-state index in [1.165, 1.54) is 0 Å². The Bertz CT molecular complexity index is 504. The summed E-state index contributed by atoms with van der Waals surface area (Å²) in [5, 5.41) is 3.11. The largest absolute Gasteiger partial charge is 0.381 e. The van der Waals surface area contributed by atoms with E-state index in [2.05, 4.69) is 57.7 Å². The van der Waals surface area contributed by atoms with Crippen LogP contribution in [0.15, 0.2) is 22.7 Å². The van der Waals surface area contributed by atoms with E-state index in [0.717, 1.165) is 14.5 Å². The first-order valence-corrected chi connectivity index (χ1v) is 8.02. The first-order chi connectivity index (χ1) is 8.86. The van der Waals surface area contributed by atoms with Crippen LogP contribution >= 0.6 is 38.5 Å². The van der Waals surface area contributed by atoms with Crippen LogP contribution in [0.2, 0.25) is 0 Å². The molecule has 3 nitrogen and oxygen atoms in total. The summed E-state index contributed by atoms with van der Waals surface area (Å²) in [6.07, 6.45) is 1.10. The Morgan fingerprint density at radius 2 is 2.21 bits per heavy atom. The maximum Gasteiger partial charge on any atom is 0.252 e. The molecule has 1 N–H and O–H groups in total. The number of hydrogen-bond acceptors (Lipinski definition) is 2. The molecule has 2 unspecified atom stereocenters. The molecule has 1 aliphatic carbocycles. The molecule has 0 radical (unpaired) electrons. The lowest BCUT2D eigenvalue weighted by atomic mass is 9.64. The van der Waals surface area contributed by atoms with E-state index in [-0.39, 0.29) is 23.5 Å². The van der Waals surface area contributed by atoms with E-state index in [1.54, 1.807) is 7.11 Å². The second kappa shape index (κ2) is 5.69. The Labute approximate surface area is 135 Å². The van der Waals surface area contributed by atoms with Gasteiger partial charge in [-0.3, -0.25) is 4.79 Å². The lowest BCUT2D eigenvalue weighted by Gasteiger charge is -2.51. The molecule has 104 valence electrons. The van der Waals surface area contributed by atoms with Gasteiger partial charge in [0.1, 0.15) is 0 Å². The molecule has 1 aliphatic rings. The molecule has 0 heterocycles. The van der Waals surface area contributed by atoms with Gasteiger partial charge in [-0.25, -0.2) is 0 Å². The van der Waals surface area contributed by atoms with E-state index in [4.69, 9.17) is 4.74 Å². The SMILES string of the molecule is COC1CC(NC(=O)c2cc(Br)ccc2I)C1(C)C. The molecule has 0 aromatic heterocycles. The van der Waals surface area contributed by atoms with Crippen LogP contribution in [-0.4, -0.2) is 25.2 Å². The van der Waals surface area contributed by atoms with E-state index < -0.39 is 0 Å². The van der Waals surface area contributed by atoms with E-state index in [9.17, 15) is 4.79 Å². The fourth-order valence-corrected chi connectivity index (χ4v) is 3.38. The van der Waals surface area contributed by atoms with E-state index >= 15 is 0 Å². The molecule has 0 saturated heterocycles. The number of amides is 1. The summed E-state index contributed by atoms with van der Waals surface area (Å²) in [4.78, 5) is 12.3. The van der Waals surface area contributed by atoms with Gasteiger partial charge in [0.2, 0.25) is 0 Å². The molecular weight excluding hydrogens is 421 g/mol. The summed E-state index contributed by atoms with van der Waals surface area (Å²) < 4.78 is 7.28. The minimum absolute atomic E-state index is 0.0120. The van der Waals surface area contributed by atoms with Gasteiger partial charge in [0.25, 0.3) is 5.91 Å². The van der Waals surface area contributed by atoms with Crippen molar-refractivity contribution in [2.24, 2.45) is 5.41 Å². The van der Waals surface area contributed by atoms with Crippen molar-refractivity contribution >= 4 is 44.4 Å². The maximum absolute atomic E-state index is 12.3. The quantitative estimate of drug-likeness (QED) is 0.733. The van der Waals surface area contributed by atoms with Gasteiger partial charge in [-0.2, -0.15) is 0 Å². The molecule has 0 bridgehead atoms. The Hall–Kier alpha value is -0.140. The highest BCUT2D eigenvalue weighted by molar-refractivity contribution is 14.1. The van der Waals surface area contributed by atoms with Crippen molar-refractivity contribution in [3.05, 3.63) is 31.8 Å². The first-order valence-electron chi connectivity index (χ1n) is 6.15. The molecule has 0 aliphatic heterocycles. The average Bonchev–Trinajstić information content (AvgIpc) is 2.36. The number of methoxy groups -OCH3 is 1. The third kappa shape index (κ3) is 2.97.